The van der Waals surface area contributed by atoms with Crippen LogP contribution in [-0.2, 0) is 14.8 Å². The highest BCUT2D eigenvalue weighted by atomic mass is 32.2. The number of anilines is 1. The fourth-order valence-corrected chi connectivity index (χ4v) is 4.98. The van der Waals surface area contributed by atoms with E-state index in [-0.39, 0.29) is 10.8 Å². The van der Waals surface area contributed by atoms with Gasteiger partial charge in [0.1, 0.15) is 5.01 Å². The Hall–Kier alpha value is -1.88. The second-order valence-corrected chi connectivity index (χ2v) is 9.16. The number of sulfonamides is 1. The van der Waals surface area contributed by atoms with E-state index in [0.29, 0.717) is 42.9 Å². The van der Waals surface area contributed by atoms with Crippen molar-refractivity contribution in [2.45, 2.75) is 23.7 Å². The van der Waals surface area contributed by atoms with E-state index in [0.717, 1.165) is 17.8 Å². The lowest BCUT2D eigenvalue weighted by Crippen LogP contribution is -2.40. The van der Waals surface area contributed by atoms with E-state index in [2.05, 4.69) is 15.5 Å². The first-order valence-corrected chi connectivity index (χ1v) is 10.6. The van der Waals surface area contributed by atoms with Crippen LogP contribution in [0.2, 0.25) is 0 Å². The summed E-state index contributed by atoms with van der Waals surface area (Å²) in [6, 6.07) is 5.92. The quantitative estimate of drug-likeness (QED) is 0.828. The second kappa shape index (κ2) is 7.03. The lowest BCUT2D eigenvalue weighted by Gasteiger charge is -2.26. The smallest absolute Gasteiger partial charge is 0.257 e. The number of benzene rings is 1. The molecule has 1 aliphatic carbocycles. The van der Waals surface area contributed by atoms with Gasteiger partial charge in [-0.05, 0) is 37.1 Å². The van der Waals surface area contributed by atoms with Crippen LogP contribution < -0.4 is 5.32 Å². The molecule has 0 unspecified atom stereocenters. The minimum atomic E-state index is -3.56. The molecule has 4 rings (SSSR count). The van der Waals surface area contributed by atoms with Crippen molar-refractivity contribution in [3.63, 3.8) is 0 Å². The SMILES string of the molecule is O=C(Nc1nnc(C2CC2)s1)c1ccc(S(=O)(=O)N2CCOCC2)cc1. The minimum absolute atomic E-state index is 0.169. The molecule has 1 aliphatic heterocycles. The largest absolute Gasteiger partial charge is 0.379 e. The number of rotatable bonds is 5. The van der Waals surface area contributed by atoms with Gasteiger partial charge in [0.15, 0.2) is 0 Å². The Kier molecular flexibility index (Phi) is 4.74. The molecule has 10 heteroatoms. The second-order valence-electron chi connectivity index (χ2n) is 6.21. The van der Waals surface area contributed by atoms with E-state index < -0.39 is 10.0 Å². The normalized spacial score (nSPS) is 18.6. The van der Waals surface area contributed by atoms with Gasteiger partial charge in [0.2, 0.25) is 15.2 Å². The summed E-state index contributed by atoms with van der Waals surface area (Å²) in [5.41, 5.74) is 0.370. The van der Waals surface area contributed by atoms with Crippen molar-refractivity contribution in [3.05, 3.63) is 34.8 Å². The number of aromatic nitrogens is 2. The lowest BCUT2D eigenvalue weighted by molar-refractivity contribution is 0.0730. The van der Waals surface area contributed by atoms with Crippen LogP contribution >= 0.6 is 11.3 Å². The highest BCUT2D eigenvalue weighted by Crippen LogP contribution is 2.42. The van der Waals surface area contributed by atoms with Crippen LogP contribution in [0.25, 0.3) is 0 Å². The van der Waals surface area contributed by atoms with E-state index in [4.69, 9.17) is 4.74 Å². The molecule has 0 spiro atoms. The number of amides is 1. The molecular formula is C16H18N4O4S2. The van der Waals surface area contributed by atoms with Gasteiger partial charge in [0, 0.05) is 24.6 Å². The van der Waals surface area contributed by atoms with Crippen LogP contribution in [-0.4, -0.2) is 55.1 Å². The number of carbonyl (C=O) groups excluding carboxylic acids is 1. The van der Waals surface area contributed by atoms with Gasteiger partial charge in [0.25, 0.3) is 5.91 Å². The van der Waals surface area contributed by atoms with Crippen LogP contribution in [0.3, 0.4) is 0 Å². The van der Waals surface area contributed by atoms with Crippen LogP contribution in [0.5, 0.6) is 0 Å². The first-order valence-electron chi connectivity index (χ1n) is 8.37. The molecule has 1 saturated heterocycles. The number of ether oxygens (including phenoxy) is 1. The Morgan fingerprint density at radius 1 is 1.15 bits per heavy atom. The zero-order chi connectivity index (χ0) is 18.1. The van der Waals surface area contributed by atoms with E-state index in [9.17, 15) is 13.2 Å². The number of hydrogen-bond acceptors (Lipinski definition) is 7. The monoisotopic (exact) mass is 394 g/mol. The maximum atomic E-state index is 12.6. The Morgan fingerprint density at radius 3 is 2.50 bits per heavy atom. The van der Waals surface area contributed by atoms with Gasteiger partial charge in [0.05, 0.1) is 18.1 Å². The Balaban J connectivity index is 1.45. The number of nitrogens with one attached hydrogen (secondary N) is 1. The summed E-state index contributed by atoms with van der Waals surface area (Å²) in [5, 5.41) is 12.2. The van der Waals surface area contributed by atoms with Crippen molar-refractivity contribution in [2.24, 2.45) is 0 Å². The first-order chi connectivity index (χ1) is 12.5. The summed E-state index contributed by atoms with van der Waals surface area (Å²) in [6.07, 6.45) is 2.25. The van der Waals surface area contributed by atoms with Crippen LogP contribution in [0, 0.1) is 0 Å². The van der Waals surface area contributed by atoms with Gasteiger partial charge in [-0.25, -0.2) is 8.42 Å². The van der Waals surface area contributed by atoms with Crippen molar-refractivity contribution in [1.82, 2.24) is 14.5 Å². The summed E-state index contributed by atoms with van der Waals surface area (Å²) in [5.74, 6) is 0.154. The molecule has 8 nitrogen and oxygen atoms in total. The molecule has 138 valence electrons. The molecule has 1 N–H and O–H groups in total. The standard InChI is InChI=1S/C16H18N4O4S2/c21-14(17-16-19-18-15(25-16)12-1-2-12)11-3-5-13(6-4-11)26(22,23)20-7-9-24-10-8-20/h3-6,12H,1-2,7-10H2,(H,17,19,21). The molecule has 1 saturated carbocycles. The zero-order valence-corrected chi connectivity index (χ0v) is 15.6. The maximum absolute atomic E-state index is 12.6. The predicted molar refractivity (Wildman–Crippen MR) is 95.9 cm³/mol. The van der Waals surface area contributed by atoms with Gasteiger partial charge in [-0.3, -0.25) is 10.1 Å². The van der Waals surface area contributed by atoms with Crippen LogP contribution in [0.15, 0.2) is 29.2 Å². The summed E-state index contributed by atoms with van der Waals surface area (Å²) < 4.78 is 31.8. The number of nitrogens with zero attached hydrogens (tertiary/aromatic N) is 3. The van der Waals surface area contributed by atoms with Gasteiger partial charge < -0.3 is 4.74 Å². The molecule has 2 aliphatic rings. The third-order valence-electron chi connectivity index (χ3n) is 4.31. The highest BCUT2D eigenvalue weighted by Gasteiger charge is 2.28. The molecular weight excluding hydrogens is 376 g/mol. The van der Waals surface area contributed by atoms with E-state index in [1.54, 1.807) is 0 Å². The van der Waals surface area contributed by atoms with E-state index in [1.165, 1.54) is 39.9 Å². The Bertz CT molecular complexity index is 901. The van der Waals surface area contributed by atoms with E-state index in [1.807, 2.05) is 0 Å². The Labute approximate surface area is 155 Å². The third kappa shape index (κ3) is 3.63. The molecule has 26 heavy (non-hydrogen) atoms. The molecule has 2 heterocycles. The number of morpholine rings is 1. The molecule has 1 amide bonds. The summed E-state index contributed by atoms with van der Waals surface area (Å²) in [7, 11) is -3.56. The van der Waals surface area contributed by atoms with Crippen LogP contribution in [0.1, 0.15) is 34.1 Å². The molecule has 0 atom stereocenters. The number of carbonyl (C=O) groups is 1. The summed E-state index contributed by atoms with van der Waals surface area (Å²) in [6.45, 7) is 1.46. The molecule has 2 fully saturated rings. The van der Waals surface area contributed by atoms with Crippen molar-refractivity contribution in [3.8, 4) is 0 Å². The van der Waals surface area contributed by atoms with Gasteiger partial charge in [-0.2, -0.15) is 4.31 Å². The van der Waals surface area contributed by atoms with Gasteiger partial charge >= 0.3 is 0 Å². The summed E-state index contributed by atoms with van der Waals surface area (Å²) >= 11 is 1.38. The maximum Gasteiger partial charge on any atom is 0.257 e. The minimum Gasteiger partial charge on any atom is -0.379 e. The highest BCUT2D eigenvalue weighted by molar-refractivity contribution is 7.89. The average molecular weight is 394 g/mol. The van der Waals surface area contributed by atoms with E-state index >= 15 is 0 Å². The van der Waals surface area contributed by atoms with Crippen LogP contribution in [0.4, 0.5) is 5.13 Å². The fraction of sp³-hybridized carbons (Fsp3) is 0.438. The van der Waals surface area contributed by atoms with Crippen molar-refractivity contribution >= 4 is 32.4 Å². The first kappa shape index (κ1) is 17.5. The van der Waals surface area contributed by atoms with Gasteiger partial charge in [-0.15, -0.1) is 10.2 Å². The topological polar surface area (TPSA) is 101 Å². The molecule has 0 radical (unpaired) electrons. The predicted octanol–water partition coefficient (Wildman–Crippen LogP) is 1.69. The van der Waals surface area contributed by atoms with Gasteiger partial charge in [-0.1, -0.05) is 11.3 Å². The van der Waals surface area contributed by atoms with Crippen molar-refractivity contribution < 1.29 is 17.9 Å². The average Bonchev–Trinajstić information content (AvgIpc) is 3.42. The summed E-state index contributed by atoms with van der Waals surface area (Å²) in [4.78, 5) is 12.5. The molecule has 1 aromatic carbocycles. The molecule has 2 aromatic rings. The third-order valence-corrected chi connectivity index (χ3v) is 7.23. The Morgan fingerprint density at radius 2 is 1.85 bits per heavy atom. The number of hydrogen-bond donors (Lipinski definition) is 1. The fourth-order valence-electron chi connectivity index (χ4n) is 2.66. The van der Waals surface area contributed by atoms with Crippen molar-refractivity contribution in [1.29, 1.82) is 0 Å². The van der Waals surface area contributed by atoms with Crippen molar-refractivity contribution in [2.75, 3.05) is 31.6 Å². The molecule has 1 aromatic heterocycles. The zero-order valence-electron chi connectivity index (χ0n) is 13.9. The molecule has 0 bridgehead atoms. The lowest BCUT2D eigenvalue weighted by atomic mass is 10.2.